The van der Waals surface area contributed by atoms with Gasteiger partial charge in [-0.05, 0) is 62.0 Å². The van der Waals surface area contributed by atoms with Gasteiger partial charge in [0, 0.05) is 32.9 Å². The highest BCUT2D eigenvalue weighted by Gasteiger charge is 2.25. The van der Waals surface area contributed by atoms with E-state index in [4.69, 9.17) is 0 Å². The lowest BCUT2D eigenvalue weighted by Crippen LogP contribution is -2.44. The number of hydrogen-bond donors (Lipinski definition) is 2. The molecule has 0 aliphatic carbocycles. The lowest BCUT2D eigenvalue weighted by atomic mass is 10.0. The molecule has 1 fully saturated rings. The van der Waals surface area contributed by atoms with Crippen LogP contribution in [0, 0.1) is 0 Å². The Morgan fingerprint density at radius 1 is 0.935 bits per heavy atom. The zero-order valence-electron chi connectivity index (χ0n) is 18.6. The summed E-state index contributed by atoms with van der Waals surface area (Å²) in [6, 6.07) is 18.6. The predicted octanol–water partition coefficient (Wildman–Crippen LogP) is 2.75. The Labute approximate surface area is 185 Å². The lowest BCUT2D eigenvalue weighted by Gasteiger charge is -2.28. The minimum atomic E-state index is -0.561. The van der Waals surface area contributed by atoms with Gasteiger partial charge in [-0.3, -0.25) is 14.5 Å². The van der Waals surface area contributed by atoms with Crippen LogP contribution in [0.2, 0.25) is 0 Å². The van der Waals surface area contributed by atoms with Crippen LogP contribution in [-0.4, -0.2) is 57.0 Å². The van der Waals surface area contributed by atoms with Crippen LogP contribution in [0.25, 0.3) is 0 Å². The summed E-state index contributed by atoms with van der Waals surface area (Å²) in [6.07, 6.45) is 4.02. The fraction of sp³-hybridized carbons (Fsp3) is 0.440. The molecule has 6 heteroatoms. The largest absolute Gasteiger partial charge is 0.378 e. The van der Waals surface area contributed by atoms with Crippen molar-refractivity contribution in [2.24, 2.45) is 0 Å². The Balaban J connectivity index is 1.49. The normalized spacial score (nSPS) is 14.8. The maximum absolute atomic E-state index is 12.4. The van der Waals surface area contributed by atoms with Gasteiger partial charge in [0.2, 0.25) is 0 Å². The second kappa shape index (κ2) is 11.5. The molecule has 2 aromatic carbocycles. The van der Waals surface area contributed by atoms with Crippen molar-refractivity contribution in [3.63, 3.8) is 0 Å². The van der Waals surface area contributed by atoms with Crippen molar-refractivity contribution in [3.05, 3.63) is 65.7 Å². The van der Waals surface area contributed by atoms with Crippen molar-refractivity contribution in [1.29, 1.82) is 0 Å². The molecular formula is C25H34N4O2. The number of anilines is 1. The van der Waals surface area contributed by atoms with Crippen LogP contribution in [0.3, 0.4) is 0 Å². The molecule has 6 nitrogen and oxygen atoms in total. The second-order valence-electron chi connectivity index (χ2n) is 8.30. The highest BCUT2D eigenvalue weighted by molar-refractivity contribution is 6.35. The van der Waals surface area contributed by atoms with Crippen molar-refractivity contribution in [2.45, 2.75) is 31.7 Å². The van der Waals surface area contributed by atoms with Crippen molar-refractivity contribution in [1.82, 2.24) is 15.5 Å². The summed E-state index contributed by atoms with van der Waals surface area (Å²) in [5, 5.41) is 5.59. The molecule has 0 aromatic heterocycles. The summed E-state index contributed by atoms with van der Waals surface area (Å²) in [5.41, 5.74) is 3.54. The van der Waals surface area contributed by atoms with Crippen LogP contribution in [0.15, 0.2) is 54.6 Å². The van der Waals surface area contributed by atoms with Crippen molar-refractivity contribution >= 4 is 17.5 Å². The molecular weight excluding hydrogens is 388 g/mol. The summed E-state index contributed by atoms with van der Waals surface area (Å²) in [7, 11) is 4.04. The standard InChI is InChI=1S/C25H34N4O2/c1-28(2)22-14-12-21(13-15-22)23(29-17-6-7-18-29)19-27-25(31)24(30)26-16-8-11-20-9-4-3-5-10-20/h3-5,9-10,12-15,23H,6-8,11,16-19H2,1-2H3,(H,26,30)(H,27,31). The van der Waals surface area contributed by atoms with E-state index in [-0.39, 0.29) is 6.04 Å². The number of carbonyl (C=O) groups excluding carboxylic acids is 2. The quantitative estimate of drug-likeness (QED) is 0.482. The molecule has 0 radical (unpaired) electrons. The van der Waals surface area contributed by atoms with Crippen LogP contribution < -0.4 is 15.5 Å². The number of aryl methyl sites for hydroxylation is 1. The van der Waals surface area contributed by atoms with Crippen molar-refractivity contribution < 1.29 is 9.59 Å². The number of carbonyl (C=O) groups is 2. The number of hydrogen-bond acceptors (Lipinski definition) is 4. The summed E-state index contributed by atoms with van der Waals surface area (Å²) in [4.78, 5) is 29.0. The average Bonchev–Trinajstić information content (AvgIpc) is 3.32. The van der Waals surface area contributed by atoms with Crippen LogP contribution in [0.5, 0.6) is 0 Å². The number of nitrogens with zero attached hydrogens (tertiary/aromatic N) is 2. The van der Waals surface area contributed by atoms with Crippen LogP contribution in [0.1, 0.15) is 36.4 Å². The third kappa shape index (κ3) is 6.82. The maximum Gasteiger partial charge on any atom is 0.309 e. The van der Waals surface area contributed by atoms with Crippen LogP contribution in [0.4, 0.5) is 5.69 Å². The molecule has 1 aliphatic heterocycles. The first-order valence-corrected chi connectivity index (χ1v) is 11.2. The number of likely N-dealkylation sites (tertiary alicyclic amines) is 1. The van der Waals surface area contributed by atoms with Gasteiger partial charge >= 0.3 is 11.8 Å². The zero-order chi connectivity index (χ0) is 22.1. The number of rotatable bonds is 9. The second-order valence-corrected chi connectivity index (χ2v) is 8.30. The first-order valence-electron chi connectivity index (χ1n) is 11.2. The first kappa shape index (κ1) is 22.8. The van der Waals surface area contributed by atoms with Gasteiger partial charge in [0.15, 0.2) is 0 Å². The Morgan fingerprint density at radius 3 is 2.23 bits per heavy atom. The van der Waals surface area contributed by atoms with E-state index in [9.17, 15) is 9.59 Å². The molecule has 31 heavy (non-hydrogen) atoms. The molecule has 2 N–H and O–H groups in total. The fourth-order valence-corrected chi connectivity index (χ4v) is 3.99. The molecule has 0 spiro atoms. The number of nitrogens with one attached hydrogen (secondary N) is 2. The van der Waals surface area contributed by atoms with Gasteiger partial charge in [-0.25, -0.2) is 0 Å². The van der Waals surface area contributed by atoms with Gasteiger partial charge in [0.05, 0.1) is 6.04 Å². The van der Waals surface area contributed by atoms with E-state index >= 15 is 0 Å². The van der Waals surface area contributed by atoms with E-state index < -0.39 is 11.8 Å². The number of benzene rings is 2. The SMILES string of the molecule is CN(C)c1ccc(C(CNC(=O)C(=O)NCCCc2ccccc2)N2CCCC2)cc1. The Bertz CT molecular complexity index is 830. The minimum Gasteiger partial charge on any atom is -0.378 e. The van der Waals surface area contributed by atoms with Gasteiger partial charge in [-0.15, -0.1) is 0 Å². The third-order valence-corrected chi connectivity index (χ3v) is 5.81. The first-order chi connectivity index (χ1) is 15.0. The highest BCUT2D eigenvalue weighted by Crippen LogP contribution is 2.26. The van der Waals surface area contributed by atoms with E-state index in [1.54, 1.807) is 0 Å². The molecule has 3 rings (SSSR count). The molecule has 166 valence electrons. The summed E-state index contributed by atoms with van der Waals surface area (Å²) in [6.45, 7) is 2.95. The van der Waals surface area contributed by atoms with Gasteiger partial charge < -0.3 is 15.5 Å². The van der Waals surface area contributed by atoms with Gasteiger partial charge in [-0.1, -0.05) is 42.5 Å². The van der Waals surface area contributed by atoms with Crippen molar-refractivity contribution in [3.8, 4) is 0 Å². The molecule has 0 saturated carbocycles. The zero-order valence-corrected chi connectivity index (χ0v) is 18.6. The van der Waals surface area contributed by atoms with Gasteiger partial charge in [0.25, 0.3) is 0 Å². The molecule has 0 bridgehead atoms. The fourth-order valence-electron chi connectivity index (χ4n) is 3.99. The average molecular weight is 423 g/mol. The molecule has 1 unspecified atom stereocenters. The molecule has 2 aromatic rings. The number of amides is 2. The Morgan fingerprint density at radius 2 is 1.58 bits per heavy atom. The molecule has 1 heterocycles. The van der Waals surface area contributed by atoms with E-state index in [2.05, 4.69) is 56.8 Å². The highest BCUT2D eigenvalue weighted by atomic mass is 16.2. The van der Waals surface area contributed by atoms with Crippen molar-refractivity contribution in [2.75, 3.05) is 45.2 Å². The van der Waals surface area contributed by atoms with E-state index in [1.807, 2.05) is 32.3 Å². The van der Waals surface area contributed by atoms with Crippen LogP contribution in [-0.2, 0) is 16.0 Å². The summed E-state index contributed by atoms with van der Waals surface area (Å²) < 4.78 is 0. The Hall–Kier alpha value is -2.86. The molecule has 1 aliphatic rings. The molecule has 1 atom stereocenters. The van der Waals surface area contributed by atoms with E-state index in [0.717, 1.165) is 37.2 Å². The topological polar surface area (TPSA) is 64.7 Å². The third-order valence-electron chi connectivity index (χ3n) is 5.81. The van der Waals surface area contributed by atoms with E-state index in [1.165, 1.54) is 18.4 Å². The van der Waals surface area contributed by atoms with Gasteiger partial charge in [-0.2, -0.15) is 0 Å². The smallest absolute Gasteiger partial charge is 0.309 e. The lowest BCUT2D eigenvalue weighted by molar-refractivity contribution is -0.139. The van der Waals surface area contributed by atoms with Gasteiger partial charge in [0.1, 0.15) is 0 Å². The van der Waals surface area contributed by atoms with E-state index in [0.29, 0.717) is 13.1 Å². The van der Waals surface area contributed by atoms with Crippen LogP contribution >= 0.6 is 0 Å². The Kier molecular flexibility index (Phi) is 8.47. The molecule has 2 amide bonds. The summed E-state index contributed by atoms with van der Waals surface area (Å²) in [5.74, 6) is -1.12. The maximum atomic E-state index is 12.4. The summed E-state index contributed by atoms with van der Waals surface area (Å²) >= 11 is 0. The molecule has 1 saturated heterocycles. The predicted molar refractivity (Wildman–Crippen MR) is 125 cm³/mol. The minimum absolute atomic E-state index is 0.0774. The monoisotopic (exact) mass is 422 g/mol.